The van der Waals surface area contributed by atoms with E-state index in [0.29, 0.717) is 12.0 Å². The molecule has 0 heterocycles. The van der Waals surface area contributed by atoms with E-state index >= 15 is 0 Å². The lowest BCUT2D eigenvalue weighted by Gasteiger charge is -2.17. The summed E-state index contributed by atoms with van der Waals surface area (Å²) in [6.07, 6.45) is 2.15. The standard InChI is InChI=1S/C16H21F3O7S/c1-11(2)5-6-13-14(24-9-22-3)7-12(8-15(13)25-10-23-4)26-27(20,21)16(17,18)19/h5,7-8H,6,9-10H2,1-4H3. The second kappa shape index (κ2) is 9.81. The maximum absolute atomic E-state index is 12.6. The molecule has 0 saturated carbocycles. The third-order valence-corrected chi connectivity index (χ3v) is 3.99. The van der Waals surface area contributed by atoms with E-state index in [2.05, 4.69) is 4.18 Å². The van der Waals surface area contributed by atoms with Crippen molar-refractivity contribution in [2.75, 3.05) is 27.8 Å². The van der Waals surface area contributed by atoms with Crippen LogP contribution in [0.1, 0.15) is 19.4 Å². The van der Waals surface area contributed by atoms with Gasteiger partial charge in [-0.2, -0.15) is 21.6 Å². The first-order valence-electron chi connectivity index (χ1n) is 7.56. The van der Waals surface area contributed by atoms with Crippen LogP contribution < -0.4 is 13.7 Å². The minimum absolute atomic E-state index is 0.0512. The van der Waals surface area contributed by atoms with Gasteiger partial charge in [0.1, 0.15) is 17.2 Å². The zero-order chi connectivity index (χ0) is 20.7. The fourth-order valence-electron chi connectivity index (χ4n) is 1.83. The summed E-state index contributed by atoms with van der Waals surface area (Å²) < 4.78 is 84.8. The maximum Gasteiger partial charge on any atom is 0.534 e. The van der Waals surface area contributed by atoms with Crippen LogP contribution in [0, 0.1) is 0 Å². The number of hydrogen-bond donors (Lipinski definition) is 0. The number of allylic oxidation sites excluding steroid dienone is 2. The lowest BCUT2D eigenvalue weighted by atomic mass is 10.1. The van der Waals surface area contributed by atoms with Crippen LogP contribution in [0.5, 0.6) is 17.2 Å². The number of halogens is 3. The highest BCUT2D eigenvalue weighted by Gasteiger charge is 2.48. The molecule has 1 rings (SSSR count). The average Bonchev–Trinajstić information content (AvgIpc) is 2.55. The molecule has 0 aliphatic heterocycles. The van der Waals surface area contributed by atoms with Crippen molar-refractivity contribution in [3.63, 3.8) is 0 Å². The third kappa shape index (κ3) is 6.92. The lowest BCUT2D eigenvalue weighted by Crippen LogP contribution is -2.28. The molecule has 11 heteroatoms. The average molecular weight is 414 g/mol. The highest BCUT2D eigenvalue weighted by Crippen LogP contribution is 2.37. The molecule has 27 heavy (non-hydrogen) atoms. The molecule has 0 spiro atoms. The molecule has 0 aliphatic carbocycles. The van der Waals surface area contributed by atoms with E-state index in [-0.39, 0.29) is 25.1 Å². The summed E-state index contributed by atoms with van der Waals surface area (Å²) >= 11 is 0. The quantitative estimate of drug-likeness (QED) is 0.251. The van der Waals surface area contributed by atoms with Crippen molar-refractivity contribution in [1.82, 2.24) is 0 Å². The fourth-order valence-corrected chi connectivity index (χ4v) is 2.27. The van der Waals surface area contributed by atoms with Gasteiger partial charge in [0.15, 0.2) is 13.6 Å². The predicted molar refractivity (Wildman–Crippen MR) is 90.2 cm³/mol. The third-order valence-electron chi connectivity index (χ3n) is 3.01. The van der Waals surface area contributed by atoms with Gasteiger partial charge in [-0.1, -0.05) is 11.6 Å². The van der Waals surface area contributed by atoms with Crippen LogP contribution in [0.4, 0.5) is 13.2 Å². The number of methoxy groups -OCH3 is 2. The highest BCUT2D eigenvalue weighted by atomic mass is 32.2. The number of rotatable bonds is 10. The van der Waals surface area contributed by atoms with Crippen LogP contribution in [0.3, 0.4) is 0 Å². The van der Waals surface area contributed by atoms with Gasteiger partial charge in [-0.3, -0.25) is 0 Å². The SMILES string of the molecule is COCOc1cc(OS(=O)(=O)C(F)(F)F)cc(OCOC)c1CC=C(C)C. The van der Waals surface area contributed by atoms with Gasteiger partial charge in [0.05, 0.1) is 0 Å². The van der Waals surface area contributed by atoms with Gasteiger partial charge < -0.3 is 23.1 Å². The van der Waals surface area contributed by atoms with Gasteiger partial charge in [0.2, 0.25) is 0 Å². The Morgan fingerprint density at radius 2 is 1.52 bits per heavy atom. The van der Waals surface area contributed by atoms with Crippen LogP contribution >= 0.6 is 0 Å². The van der Waals surface area contributed by atoms with Crippen molar-refractivity contribution in [2.24, 2.45) is 0 Å². The molecule has 0 unspecified atom stereocenters. The molecule has 0 radical (unpaired) electrons. The Balaban J connectivity index is 3.42. The van der Waals surface area contributed by atoms with Crippen LogP contribution in [0.2, 0.25) is 0 Å². The van der Waals surface area contributed by atoms with Gasteiger partial charge in [-0.15, -0.1) is 0 Å². The molecule has 0 aromatic heterocycles. The van der Waals surface area contributed by atoms with Gasteiger partial charge in [-0.25, -0.2) is 0 Å². The van der Waals surface area contributed by atoms with Crippen LogP contribution in [0.25, 0.3) is 0 Å². The number of hydrogen-bond acceptors (Lipinski definition) is 7. The van der Waals surface area contributed by atoms with Gasteiger partial charge in [0.25, 0.3) is 0 Å². The largest absolute Gasteiger partial charge is 0.534 e. The van der Waals surface area contributed by atoms with Gasteiger partial charge >= 0.3 is 15.6 Å². The molecule has 0 bridgehead atoms. The fraction of sp³-hybridized carbons (Fsp3) is 0.500. The molecule has 0 amide bonds. The topological polar surface area (TPSA) is 80.3 Å². The van der Waals surface area contributed by atoms with Crippen LogP contribution in [0.15, 0.2) is 23.8 Å². The molecular formula is C16H21F3O7S. The molecule has 1 aromatic rings. The van der Waals surface area contributed by atoms with Crippen molar-refractivity contribution in [3.8, 4) is 17.2 Å². The molecule has 154 valence electrons. The van der Waals surface area contributed by atoms with Crippen molar-refractivity contribution in [1.29, 1.82) is 0 Å². The van der Waals surface area contributed by atoms with E-state index in [1.165, 1.54) is 14.2 Å². The lowest BCUT2D eigenvalue weighted by molar-refractivity contribution is -0.0500. The van der Waals surface area contributed by atoms with Crippen molar-refractivity contribution >= 4 is 10.1 Å². The first kappa shape index (κ1) is 23.1. The summed E-state index contributed by atoms with van der Waals surface area (Å²) in [6, 6.07) is 2.05. The zero-order valence-corrected chi connectivity index (χ0v) is 16.1. The minimum atomic E-state index is -5.85. The Morgan fingerprint density at radius 1 is 1.04 bits per heavy atom. The minimum Gasteiger partial charge on any atom is -0.467 e. The Labute approximate surface area is 155 Å². The van der Waals surface area contributed by atoms with E-state index in [1.807, 2.05) is 19.9 Å². The zero-order valence-electron chi connectivity index (χ0n) is 15.3. The molecule has 0 aliphatic rings. The smallest absolute Gasteiger partial charge is 0.467 e. The Hall–Kier alpha value is -1.98. The van der Waals surface area contributed by atoms with E-state index in [0.717, 1.165) is 17.7 Å². The van der Waals surface area contributed by atoms with Gasteiger partial charge in [-0.05, 0) is 20.3 Å². The van der Waals surface area contributed by atoms with E-state index in [1.54, 1.807) is 0 Å². The summed E-state index contributed by atoms with van der Waals surface area (Å²) in [5, 5.41) is 0. The summed E-state index contributed by atoms with van der Waals surface area (Å²) in [6.45, 7) is 3.28. The van der Waals surface area contributed by atoms with Gasteiger partial charge in [0, 0.05) is 31.9 Å². The molecule has 0 atom stereocenters. The summed E-state index contributed by atoms with van der Waals surface area (Å²) in [5.74, 6) is -0.517. The second-order valence-corrected chi connectivity index (χ2v) is 7.01. The normalized spacial score (nSPS) is 11.8. The maximum atomic E-state index is 12.6. The van der Waals surface area contributed by atoms with E-state index in [9.17, 15) is 21.6 Å². The first-order valence-corrected chi connectivity index (χ1v) is 8.97. The number of benzene rings is 1. The Kier molecular flexibility index (Phi) is 8.38. The van der Waals surface area contributed by atoms with Crippen molar-refractivity contribution < 1.29 is 44.7 Å². The predicted octanol–water partition coefficient (Wildman–Crippen LogP) is 3.39. The summed E-state index contributed by atoms with van der Waals surface area (Å²) in [4.78, 5) is 0. The van der Waals surface area contributed by atoms with Crippen LogP contribution in [-0.2, 0) is 26.0 Å². The molecule has 1 aromatic carbocycles. The number of ether oxygens (including phenoxy) is 4. The molecular weight excluding hydrogens is 393 g/mol. The van der Waals surface area contributed by atoms with Crippen molar-refractivity contribution in [2.45, 2.75) is 25.8 Å². The van der Waals surface area contributed by atoms with Crippen LogP contribution in [-0.4, -0.2) is 41.7 Å². The number of alkyl halides is 3. The summed E-state index contributed by atoms with van der Waals surface area (Å²) in [7, 11) is -3.14. The highest BCUT2D eigenvalue weighted by molar-refractivity contribution is 7.88. The van der Waals surface area contributed by atoms with Crippen molar-refractivity contribution in [3.05, 3.63) is 29.3 Å². The monoisotopic (exact) mass is 414 g/mol. The first-order chi connectivity index (χ1) is 12.5. The second-order valence-electron chi connectivity index (χ2n) is 5.47. The Bertz CT molecular complexity index is 725. The molecule has 7 nitrogen and oxygen atoms in total. The molecule has 0 saturated heterocycles. The molecule has 0 N–H and O–H groups in total. The summed E-state index contributed by atoms with van der Waals surface area (Å²) in [5.41, 5.74) is -4.14. The van der Waals surface area contributed by atoms with E-state index in [4.69, 9.17) is 18.9 Å². The van der Waals surface area contributed by atoms with E-state index < -0.39 is 21.4 Å². The Morgan fingerprint density at radius 3 is 1.89 bits per heavy atom. The molecule has 0 fully saturated rings.